The molecule has 2 aromatic rings. The predicted octanol–water partition coefficient (Wildman–Crippen LogP) is 5.00. The fourth-order valence-corrected chi connectivity index (χ4v) is 2.03. The van der Waals surface area contributed by atoms with Gasteiger partial charge >= 0.3 is 6.18 Å². The van der Waals surface area contributed by atoms with E-state index in [1.165, 1.54) is 12.1 Å². The Hall–Kier alpha value is -1.84. The standard InChI is InChI=1S/C16H14F4/c1-2-11-6-7-13(15(17)10-11)8-12-4-3-5-14(9-12)16(18,19)20/h3-7,9-10H,2,8H2,1H3. The molecule has 0 aliphatic rings. The van der Waals surface area contributed by atoms with Gasteiger partial charge in [-0.1, -0.05) is 37.3 Å². The summed E-state index contributed by atoms with van der Waals surface area (Å²) in [6.07, 6.45) is -3.50. The summed E-state index contributed by atoms with van der Waals surface area (Å²) in [6, 6.07) is 9.86. The molecule has 0 amide bonds. The fourth-order valence-electron chi connectivity index (χ4n) is 2.03. The monoisotopic (exact) mass is 282 g/mol. The van der Waals surface area contributed by atoms with Gasteiger partial charge in [0.1, 0.15) is 5.82 Å². The quantitative estimate of drug-likeness (QED) is 0.695. The van der Waals surface area contributed by atoms with E-state index in [4.69, 9.17) is 0 Å². The summed E-state index contributed by atoms with van der Waals surface area (Å²) < 4.78 is 51.7. The van der Waals surface area contributed by atoms with E-state index in [0.717, 1.165) is 24.1 Å². The minimum absolute atomic E-state index is 0.153. The van der Waals surface area contributed by atoms with Crippen LogP contribution in [-0.2, 0) is 19.0 Å². The molecule has 0 unspecified atom stereocenters. The summed E-state index contributed by atoms with van der Waals surface area (Å²) in [4.78, 5) is 0. The molecule has 0 bridgehead atoms. The van der Waals surface area contributed by atoms with Crippen molar-refractivity contribution >= 4 is 0 Å². The first-order chi connectivity index (χ1) is 9.40. The second-order valence-corrected chi connectivity index (χ2v) is 4.65. The van der Waals surface area contributed by atoms with E-state index in [0.29, 0.717) is 11.1 Å². The molecular weight excluding hydrogens is 268 g/mol. The number of hydrogen-bond donors (Lipinski definition) is 0. The number of rotatable bonds is 3. The summed E-state index contributed by atoms with van der Waals surface area (Å²) in [5, 5.41) is 0. The van der Waals surface area contributed by atoms with Gasteiger partial charge in [0.05, 0.1) is 5.56 Å². The Balaban J connectivity index is 2.26. The first kappa shape index (κ1) is 14.6. The lowest BCUT2D eigenvalue weighted by atomic mass is 10.0. The molecule has 0 fully saturated rings. The minimum Gasteiger partial charge on any atom is -0.207 e. The van der Waals surface area contributed by atoms with Gasteiger partial charge < -0.3 is 0 Å². The van der Waals surface area contributed by atoms with Crippen molar-refractivity contribution in [1.29, 1.82) is 0 Å². The number of halogens is 4. The van der Waals surface area contributed by atoms with Gasteiger partial charge in [-0.15, -0.1) is 0 Å². The molecule has 0 atom stereocenters. The molecule has 0 aliphatic carbocycles. The fraction of sp³-hybridized carbons (Fsp3) is 0.250. The van der Waals surface area contributed by atoms with Crippen LogP contribution in [0.4, 0.5) is 17.6 Å². The van der Waals surface area contributed by atoms with Crippen LogP contribution in [0.25, 0.3) is 0 Å². The molecule has 4 heteroatoms. The molecule has 2 aromatic carbocycles. The minimum atomic E-state index is -4.37. The van der Waals surface area contributed by atoms with Crippen LogP contribution in [0.15, 0.2) is 42.5 Å². The van der Waals surface area contributed by atoms with Crippen molar-refractivity contribution in [3.63, 3.8) is 0 Å². The summed E-state index contributed by atoms with van der Waals surface area (Å²) in [7, 11) is 0. The Morgan fingerprint density at radius 1 is 0.950 bits per heavy atom. The van der Waals surface area contributed by atoms with Crippen molar-refractivity contribution in [3.8, 4) is 0 Å². The van der Waals surface area contributed by atoms with E-state index in [-0.39, 0.29) is 12.2 Å². The molecule has 20 heavy (non-hydrogen) atoms. The smallest absolute Gasteiger partial charge is 0.207 e. The molecule has 0 aromatic heterocycles. The van der Waals surface area contributed by atoms with Gasteiger partial charge in [-0.2, -0.15) is 13.2 Å². The third-order valence-electron chi connectivity index (χ3n) is 3.17. The van der Waals surface area contributed by atoms with Crippen LogP contribution in [0, 0.1) is 5.82 Å². The zero-order chi connectivity index (χ0) is 14.8. The third kappa shape index (κ3) is 3.38. The highest BCUT2D eigenvalue weighted by Crippen LogP contribution is 2.30. The van der Waals surface area contributed by atoms with E-state index in [1.54, 1.807) is 18.2 Å². The SMILES string of the molecule is CCc1ccc(Cc2cccc(C(F)(F)F)c2)c(F)c1. The number of aryl methyl sites for hydroxylation is 1. The average molecular weight is 282 g/mol. The van der Waals surface area contributed by atoms with Crippen molar-refractivity contribution in [2.75, 3.05) is 0 Å². The molecule has 0 N–H and O–H groups in total. The lowest BCUT2D eigenvalue weighted by Gasteiger charge is -2.09. The molecule has 0 nitrogen and oxygen atoms in total. The average Bonchev–Trinajstić information content (AvgIpc) is 2.40. The Morgan fingerprint density at radius 2 is 1.70 bits per heavy atom. The number of hydrogen-bond acceptors (Lipinski definition) is 0. The summed E-state index contributed by atoms with van der Waals surface area (Å²) in [5.74, 6) is -0.373. The van der Waals surface area contributed by atoms with E-state index in [9.17, 15) is 17.6 Å². The summed E-state index contributed by atoms with van der Waals surface area (Å²) in [5.41, 5.74) is 1.01. The Morgan fingerprint density at radius 3 is 2.30 bits per heavy atom. The van der Waals surface area contributed by atoms with E-state index in [1.807, 2.05) is 6.92 Å². The molecule has 0 heterocycles. The topological polar surface area (TPSA) is 0 Å². The van der Waals surface area contributed by atoms with Crippen molar-refractivity contribution in [3.05, 3.63) is 70.5 Å². The number of benzene rings is 2. The van der Waals surface area contributed by atoms with Gasteiger partial charge in [0.2, 0.25) is 0 Å². The van der Waals surface area contributed by atoms with Gasteiger partial charge in [0.15, 0.2) is 0 Å². The molecule has 0 radical (unpaired) electrons. The van der Waals surface area contributed by atoms with Crippen LogP contribution in [0.2, 0.25) is 0 Å². The van der Waals surface area contributed by atoms with Gasteiger partial charge in [-0.05, 0) is 35.2 Å². The predicted molar refractivity (Wildman–Crippen MR) is 70.0 cm³/mol. The highest BCUT2D eigenvalue weighted by Gasteiger charge is 2.30. The molecule has 0 spiro atoms. The Labute approximate surface area is 115 Å². The normalized spacial score (nSPS) is 11.7. The lowest BCUT2D eigenvalue weighted by Crippen LogP contribution is -2.05. The Bertz CT molecular complexity index is 600. The van der Waals surface area contributed by atoms with Crippen LogP contribution in [0.5, 0.6) is 0 Å². The van der Waals surface area contributed by atoms with Crippen LogP contribution in [-0.4, -0.2) is 0 Å². The zero-order valence-electron chi connectivity index (χ0n) is 11.0. The van der Waals surface area contributed by atoms with Crippen molar-refractivity contribution in [2.45, 2.75) is 25.9 Å². The highest BCUT2D eigenvalue weighted by molar-refractivity contribution is 5.33. The summed E-state index contributed by atoms with van der Waals surface area (Å²) >= 11 is 0. The maximum Gasteiger partial charge on any atom is 0.416 e. The molecule has 0 saturated heterocycles. The molecule has 0 saturated carbocycles. The van der Waals surface area contributed by atoms with Crippen LogP contribution in [0.1, 0.15) is 29.2 Å². The largest absolute Gasteiger partial charge is 0.416 e. The molecule has 2 rings (SSSR count). The molecule has 0 aliphatic heterocycles. The maximum atomic E-state index is 13.8. The molecule has 106 valence electrons. The van der Waals surface area contributed by atoms with E-state index in [2.05, 4.69) is 0 Å². The van der Waals surface area contributed by atoms with Crippen molar-refractivity contribution in [1.82, 2.24) is 0 Å². The van der Waals surface area contributed by atoms with Crippen LogP contribution >= 0.6 is 0 Å². The highest BCUT2D eigenvalue weighted by atomic mass is 19.4. The molecular formula is C16H14F4. The van der Waals surface area contributed by atoms with Gasteiger partial charge in [-0.3, -0.25) is 0 Å². The van der Waals surface area contributed by atoms with Gasteiger partial charge in [-0.25, -0.2) is 4.39 Å². The first-order valence-corrected chi connectivity index (χ1v) is 6.33. The second-order valence-electron chi connectivity index (χ2n) is 4.65. The maximum absolute atomic E-state index is 13.8. The first-order valence-electron chi connectivity index (χ1n) is 6.33. The van der Waals surface area contributed by atoms with E-state index >= 15 is 0 Å². The van der Waals surface area contributed by atoms with Crippen LogP contribution < -0.4 is 0 Å². The number of alkyl halides is 3. The van der Waals surface area contributed by atoms with Crippen molar-refractivity contribution < 1.29 is 17.6 Å². The van der Waals surface area contributed by atoms with Crippen molar-refractivity contribution in [2.24, 2.45) is 0 Å². The zero-order valence-corrected chi connectivity index (χ0v) is 11.0. The van der Waals surface area contributed by atoms with Gasteiger partial charge in [0, 0.05) is 6.42 Å². The van der Waals surface area contributed by atoms with Crippen LogP contribution in [0.3, 0.4) is 0 Å². The Kier molecular flexibility index (Phi) is 4.12. The summed E-state index contributed by atoms with van der Waals surface area (Å²) in [6.45, 7) is 1.92. The van der Waals surface area contributed by atoms with E-state index < -0.39 is 11.7 Å². The van der Waals surface area contributed by atoms with Gasteiger partial charge in [0.25, 0.3) is 0 Å². The second kappa shape index (κ2) is 5.65. The third-order valence-corrected chi connectivity index (χ3v) is 3.17. The lowest BCUT2D eigenvalue weighted by molar-refractivity contribution is -0.137.